The van der Waals surface area contributed by atoms with Gasteiger partial charge in [-0.2, -0.15) is 9.40 Å². The first-order valence-corrected chi connectivity index (χ1v) is 8.38. The second kappa shape index (κ2) is 5.71. The highest BCUT2D eigenvalue weighted by molar-refractivity contribution is 9.11. The van der Waals surface area contributed by atoms with Gasteiger partial charge < -0.3 is 5.11 Å². The van der Waals surface area contributed by atoms with Crippen LogP contribution < -0.4 is 0 Å². The van der Waals surface area contributed by atoms with Crippen LogP contribution in [0.1, 0.15) is 11.1 Å². The van der Waals surface area contributed by atoms with E-state index >= 15 is 0 Å². The summed E-state index contributed by atoms with van der Waals surface area (Å²) in [4.78, 5) is 0. The van der Waals surface area contributed by atoms with Crippen LogP contribution in [0, 0.1) is 0 Å². The minimum Gasteiger partial charge on any atom is -0.392 e. The lowest BCUT2D eigenvalue weighted by Gasteiger charge is -2.15. The van der Waals surface area contributed by atoms with Gasteiger partial charge in [-0.05, 0) is 32.9 Å². The number of halogens is 1. The molecule has 2 N–H and O–H groups in total. The van der Waals surface area contributed by atoms with Gasteiger partial charge in [-0.3, -0.25) is 5.10 Å². The zero-order chi connectivity index (χ0) is 14.0. The fourth-order valence-electron chi connectivity index (χ4n) is 1.56. The van der Waals surface area contributed by atoms with Gasteiger partial charge >= 0.3 is 0 Å². The minimum atomic E-state index is -3.68. The fourth-order valence-corrected chi connectivity index (χ4v) is 4.01. The molecule has 0 saturated heterocycles. The van der Waals surface area contributed by atoms with E-state index < -0.39 is 10.0 Å². The summed E-state index contributed by atoms with van der Waals surface area (Å²) in [5.74, 6) is 0. The van der Waals surface area contributed by atoms with Crippen molar-refractivity contribution in [2.45, 2.75) is 18.2 Å². The molecular weight excluding hydrogens is 354 g/mol. The highest BCUT2D eigenvalue weighted by atomic mass is 79.9. The van der Waals surface area contributed by atoms with Crippen molar-refractivity contribution in [1.29, 1.82) is 0 Å². The third kappa shape index (κ3) is 3.06. The van der Waals surface area contributed by atoms with Crippen LogP contribution in [0.3, 0.4) is 0 Å². The summed E-state index contributed by atoms with van der Waals surface area (Å²) in [5, 5.41) is 17.0. The van der Waals surface area contributed by atoms with Crippen molar-refractivity contribution >= 4 is 37.3 Å². The lowest BCUT2D eigenvalue weighted by atomic mass is 10.3. The Morgan fingerprint density at radius 2 is 2.32 bits per heavy atom. The fraction of sp³-hybridized carbons (Fsp3) is 0.300. The van der Waals surface area contributed by atoms with Gasteiger partial charge in [-0.25, -0.2) is 8.42 Å². The normalized spacial score (nSPS) is 12.2. The molecule has 0 atom stereocenters. The molecule has 0 amide bonds. The number of aromatic amines is 1. The molecule has 2 heterocycles. The Hall–Kier alpha value is -0.740. The lowest BCUT2D eigenvalue weighted by molar-refractivity contribution is 0.278. The van der Waals surface area contributed by atoms with E-state index in [2.05, 4.69) is 26.1 Å². The van der Waals surface area contributed by atoms with Gasteiger partial charge in [-0.15, -0.1) is 11.3 Å². The van der Waals surface area contributed by atoms with Crippen LogP contribution in [0.15, 0.2) is 26.5 Å². The predicted molar refractivity (Wildman–Crippen MR) is 75.2 cm³/mol. The maximum absolute atomic E-state index is 12.3. The smallest absolute Gasteiger partial charge is 0.260 e. The van der Waals surface area contributed by atoms with Crippen molar-refractivity contribution < 1.29 is 13.5 Å². The number of thiophene rings is 1. The van der Waals surface area contributed by atoms with Gasteiger partial charge in [0.2, 0.25) is 0 Å². The highest BCUT2D eigenvalue weighted by Crippen LogP contribution is 2.24. The van der Waals surface area contributed by atoms with Crippen molar-refractivity contribution in [2.24, 2.45) is 0 Å². The van der Waals surface area contributed by atoms with Crippen LogP contribution in [0.25, 0.3) is 0 Å². The Kier molecular flexibility index (Phi) is 4.41. The maximum Gasteiger partial charge on any atom is 0.260 e. The van der Waals surface area contributed by atoms with Gasteiger partial charge in [0.05, 0.1) is 16.6 Å². The first kappa shape index (κ1) is 14.7. The standard InChI is InChI=1S/C10H12BrN3O3S2/c1-14(4-7-2-9(11)18-6-7)19(16,17)10-8(5-15)3-12-13-10/h2-3,6,15H,4-5H2,1H3,(H,12,13). The summed E-state index contributed by atoms with van der Waals surface area (Å²) in [6, 6.07) is 1.87. The Balaban J connectivity index is 2.24. The molecule has 0 radical (unpaired) electrons. The average molecular weight is 366 g/mol. The molecule has 0 aliphatic rings. The average Bonchev–Trinajstić information content (AvgIpc) is 2.97. The van der Waals surface area contributed by atoms with Gasteiger partial charge in [0.1, 0.15) is 0 Å². The number of aromatic nitrogens is 2. The molecule has 0 aliphatic heterocycles. The predicted octanol–water partition coefficient (Wildman–Crippen LogP) is 1.55. The quantitative estimate of drug-likeness (QED) is 0.841. The van der Waals surface area contributed by atoms with Gasteiger partial charge in [0, 0.05) is 19.2 Å². The van der Waals surface area contributed by atoms with E-state index in [0.717, 1.165) is 9.35 Å². The first-order valence-electron chi connectivity index (χ1n) is 5.27. The molecular formula is C10H12BrN3O3S2. The largest absolute Gasteiger partial charge is 0.392 e. The molecule has 0 aromatic carbocycles. The van der Waals surface area contributed by atoms with Gasteiger partial charge in [-0.1, -0.05) is 0 Å². The van der Waals surface area contributed by atoms with Crippen LogP contribution in [0.2, 0.25) is 0 Å². The molecule has 0 fully saturated rings. The molecule has 0 aliphatic carbocycles. The SMILES string of the molecule is CN(Cc1csc(Br)c1)S(=O)(=O)c1[nH]ncc1CO. The number of hydrogen-bond acceptors (Lipinski definition) is 5. The zero-order valence-electron chi connectivity index (χ0n) is 10.00. The van der Waals surface area contributed by atoms with Crippen molar-refractivity contribution in [3.05, 3.63) is 32.6 Å². The first-order chi connectivity index (χ1) is 8.95. The van der Waals surface area contributed by atoms with Crippen LogP contribution in [0.5, 0.6) is 0 Å². The molecule has 2 aromatic heterocycles. The third-order valence-electron chi connectivity index (χ3n) is 2.54. The monoisotopic (exact) mass is 365 g/mol. The molecule has 6 nitrogen and oxygen atoms in total. The van der Waals surface area contributed by atoms with Gasteiger partial charge in [0.25, 0.3) is 10.0 Å². The van der Waals surface area contributed by atoms with Crippen LogP contribution >= 0.6 is 27.3 Å². The molecule has 0 bridgehead atoms. The molecule has 2 aromatic rings. The van der Waals surface area contributed by atoms with Crippen LogP contribution in [-0.4, -0.2) is 35.1 Å². The number of aliphatic hydroxyl groups is 1. The van der Waals surface area contributed by atoms with E-state index in [4.69, 9.17) is 5.11 Å². The molecule has 0 saturated carbocycles. The van der Waals surface area contributed by atoms with E-state index in [0.29, 0.717) is 0 Å². The van der Waals surface area contributed by atoms with Crippen molar-refractivity contribution in [1.82, 2.24) is 14.5 Å². The lowest BCUT2D eigenvalue weighted by Crippen LogP contribution is -2.27. The Morgan fingerprint density at radius 3 is 2.89 bits per heavy atom. The Labute approximate surface area is 123 Å². The van der Waals surface area contributed by atoms with Crippen molar-refractivity contribution in [3.8, 4) is 0 Å². The van der Waals surface area contributed by atoms with E-state index in [9.17, 15) is 8.42 Å². The molecule has 2 rings (SSSR count). The van der Waals surface area contributed by atoms with Crippen LogP contribution in [-0.2, 0) is 23.2 Å². The third-order valence-corrected chi connectivity index (χ3v) is 5.92. The molecule has 19 heavy (non-hydrogen) atoms. The zero-order valence-corrected chi connectivity index (χ0v) is 13.2. The molecule has 104 valence electrons. The van der Waals surface area contributed by atoms with Crippen LogP contribution in [0.4, 0.5) is 0 Å². The van der Waals surface area contributed by atoms with Gasteiger partial charge in [0.15, 0.2) is 5.03 Å². The maximum atomic E-state index is 12.3. The second-order valence-corrected chi connectivity index (χ2v) is 8.17. The van der Waals surface area contributed by atoms with E-state index in [1.54, 1.807) is 0 Å². The van der Waals surface area contributed by atoms with E-state index in [1.165, 1.54) is 28.9 Å². The number of aliphatic hydroxyl groups excluding tert-OH is 1. The van der Waals surface area contributed by atoms with Crippen molar-refractivity contribution in [3.63, 3.8) is 0 Å². The molecule has 0 unspecified atom stereocenters. The molecule has 0 spiro atoms. The Bertz CT molecular complexity index is 665. The summed E-state index contributed by atoms with van der Waals surface area (Å²) in [7, 11) is -2.19. The topological polar surface area (TPSA) is 86.3 Å². The number of nitrogens with zero attached hydrogens (tertiary/aromatic N) is 2. The number of rotatable bonds is 5. The minimum absolute atomic E-state index is 0.0632. The van der Waals surface area contributed by atoms with E-state index in [-0.39, 0.29) is 23.7 Å². The number of hydrogen-bond donors (Lipinski definition) is 2. The number of nitrogens with one attached hydrogen (secondary N) is 1. The number of sulfonamides is 1. The summed E-state index contributed by atoms with van der Waals surface area (Å²) >= 11 is 4.83. The van der Waals surface area contributed by atoms with Crippen molar-refractivity contribution in [2.75, 3.05) is 7.05 Å². The summed E-state index contributed by atoms with van der Waals surface area (Å²) in [5.41, 5.74) is 1.16. The summed E-state index contributed by atoms with van der Waals surface area (Å²) in [6.45, 7) is -0.114. The molecule has 9 heteroatoms. The van der Waals surface area contributed by atoms with E-state index in [1.807, 2.05) is 11.4 Å². The Morgan fingerprint density at radius 1 is 1.58 bits per heavy atom. The second-order valence-electron chi connectivity index (χ2n) is 3.90. The summed E-state index contributed by atoms with van der Waals surface area (Å²) < 4.78 is 26.8. The number of H-pyrrole nitrogens is 1. The highest BCUT2D eigenvalue weighted by Gasteiger charge is 2.25. The summed E-state index contributed by atoms with van der Waals surface area (Å²) in [6.07, 6.45) is 1.31.